The molecule has 0 aliphatic carbocycles. The molecule has 2 aromatic heterocycles. The second-order valence-corrected chi connectivity index (χ2v) is 2.95. The molecule has 2 aromatic rings. The van der Waals surface area contributed by atoms with E-state index in [-0.39, 0.29) is 5.56 Å². The molecule has 0 radical (unpaired) electrons. The number of fused-ring (bicyclic) bond motifs is 1. The Kier molecular flexibility index (Phi) is 1.92. The van der Waals surface area contributed by atoms with Crippen molar-refractivity contribution in [2.24, 2.45) is 7.05 Å². The van der Waals surface area contributed by atoms with Gasteiger partial charge in [-0.1, -0.05) is 0 Å². The van der Waals surface area contributed by atoms with E-state index in [1.807, 2.05) is 0 Å². The Morgan fingerprint density at radius 1 is 1.43 bits per heavy atom. The predicted octanol–water partition coefficient (Wildman–Crippen LogP) is 0.370. The van der Waals surface area contributed by atoms with Gasteiger partial charge in [0, 0.05) is 31.7 Å². The molecular formula is C9H10N4O. The summed E-state index contributed by atoms with van der Waals surface area (Å²) < 4.78 is 1.50. The van der Waals surface area contributed by atoms with Crippen LogP contribution in [-0.2, 0) is 7.05 Å². The quantitative estimate of drug-likeness (QED) is 0.705. The predicted molar refractivity (Wildman–Crippen MR) is 54.3 cm³/mol. The molecule has 0 saturated carbocycles. The van der Waals surface area contributed by atoms with Crippen LogP contribution in [0.25, 0.3) is 11.0 Å². The average Bonchev–Trinajstić information content (AvgIpc) is 2.23. The molecule has 0 atom stereocenters. The molecule has 0 amide bonds. The van der Waals surface area contributed by atoms with Gasteiger partial charge in [0.15, 0.2) is 0 Å². The second kappa shape index (κ2) is 3.10. The Balaban J connectivity index is 2.84. The minimum absolute atomic E-state index is 0.0711. The van der Waals surface area contributed by atoms with Crippen molar-refractivity contribution in [1.82, 2.24) is 14.5 Å². The van der Waals surface area contributed by atoms with Crippen molar-refractivity contribution in [2.75, 3.05) is 12.4 Å². The molecule has 0 aliphatic heterocycles. The Labute approximate surface area is 80.4 Å². The molecule has 0 spiro atoms. The van der Waals surface area contributed by atoms with Crippen molar-refractivity contribution in [1.29, 1.82) is 0 Å². The Morgan fingerprint density at radius 3 is 2.93 bits per heavy atom. The van der Waals surface area contributed by atoms with Crippen LogP contribution < -0.4 is 10.9 Å². The number of rotatable bonds is 1. The molecule has 5 nitrogen and oxygen atoms in total. The van der Waals surface area contributed by atoms with Crippen LogP contribution in [-0.4, -0.2) is 21.6 Å². The van der Waals surface area contributed by atoms with Crippen LogP contribution in [0.2, 0.25) is 0 Å². The van der Waals surface area contributed by atoms with Crippen molar-refractivity contribution < 1.29 is 0 Å². The number of aryl methyl sites for hydroxylation is 1. The standard InChI is InChI=1S/C9H10N4O/c1-10-9-11-5-6-3-4-7(14)13(2)8(6)12-9/h3-5H,1-2H3,(H,10,11,12). The molecule has 72 valence electrons. The molecule has 0 aliphatic rings. The molecule has 5 heteroatoms. The van der Waals surface area contributed by atoms with Crippen molar-refractivity contribution in [3.8, 4) is 0 Å². The fraction of sp³-hybridized carbons (Fsp3) is 0.222. The minimum Gasteiger partial charge on any atom is -0.357 e. The molecule has 2 heterocycles. The lowest BCUT2D eigenvalue weighted by Gasteiger charge is -2.04. The van der Waals surface area contributed by atoms with E-state index in [0.29, 0.717) is 11.6 Å². The van der Waals surface area contributed by atoms with Crippen LogP contribution in [0.4, 0.5) is 5.95 Å². The topological polar surface area (TPSA) is 59.8 Å². The maximum Gasteiger partial charge on any atom is 0.251 e. The van der Waals surface area contributed by atoms with E-state index in [4.69, 9.17) is 0 Å². The molecule has 2 rings (SSSR count). The van der Waals surface area contributed by atoms with Crippen molar-refractivity contribution in [3.63, 3.8) is 0 Å². The Morgan fingerprint density at radius 2 is 2.21 bits per heavy atom. The third-order valence-corrected chi connectivity index (χ3v) is 2.07. The van der Waals surface area contributed by atoms with Crippen molar-refractivity contribution >= 4 is 17.0 Å². The lowest BCUT2D eigenvalue weighted by Crippen LogP contribution is -2.16. The zero-order chi connectivity index (χ0) is 10.1. The number of nitrogens with one attached hydrogen (secondary N) is 1. The summed E-state index contributed by atoms with van der Waals surface area (Å²) >= 11 is 0. The van der Waals surface area contributed by atoms with E-state index >= 15 is 0 Å². The number of hydrogen-bond donors (Lipinski definition) is 1. The lowest BCUT2D eigenvalue weighted by atomic mass is 10.3. The highest BCUT2D eigenvalue weighted by molar-refractivity contribution is 5.74. The van der Waals surface area contributed by atoms with Crippen LogP contribution >= 0.6 is 0 Å². The van der Waals surface area contributed by atoms with Crippen LogP contribution in [0, 0.1) is 0 Å². The third-order valence-electron chi connectivity index (χ3n) is 2.07. The van der Waals surface area contributed by atoms with Crippen LogP contribution in [0.15, 0.2) is 23.1 Å². The van der Waals surface area contributed by atoms with Crippen molar-refractivity contribution in [2.45, 2.75) is 0 Å². The number of aromatic nitrogens is 3. The SMILES string of the molecule is CNc1ncc2ccc(=O)n(C)c2n1. The van der Waals surface area contributed by atoms with Gasteiger partial charge in [-0.3, -0.25) is 9.36 Å². The monoisotopic (exact) mass is 190 g/mol. The minimum atomic E-state index is -0.0711. The fourth-order valence-electron chi connectivity index (χ4n) is 1.27. The first-order valence-electron chi connectivity index (χ1n) is 4.23. The van der Waals surface area contributed by atoms with Crippen molar-refractivity contribution in [3.05, 3.63) is 28.7 Å². The summed E-state index contributed by atoms with van der Waals surface area (Å²) in [7, 11) is 3.43. The summed E-state index contributed by atoms with van der Waals surface area (Å²) in [6.45, 7) is 0. The van der Waals surface area contributed by atoms with E-state index in [9.17, 15) is 4.79 Å². The van der Waals surface area contributed by atoms with Gasteiger partial charge in [-0.05, 0) is 6.07 Å². The number of anilines is 1. The summed E-state index contributed by atoms with van der Waals surface area (Å²) in [5.74, 6) is 0.513. The van der Waals surface area contributed by atoms with E-state index < -0.39 is 0 Å². The zero-order valence-corrected chi connectivity index (χ0v) is 7.98. The molecule has 0 aromatic carbocycles. The van der Waals surface area contributed by atoms with Gasteiger partial charge in [0.05, 0.1) is 0 Å². The molecule has 0 bridgehead atoms. The lowest BCUT2D eigenvalue weighted by molar-refractivity contribution is 0.884. The molecule has 0 fully saturated rings. The summed E-state index contributed by atoms with van der Waals surface area (Å²) in [6, 6.07) is 3.22. The van der Waals surface area contributed by atoms with E-state index in [0.717, 1.165) is 5.39 Å². The normalized spacial score (nSPS) is 10.4. The maximum absolute atomic E-state index is 11.3. The number of hydrogen-bond acceptors (Lipinski definition) is 4. The largest absolute Gasteiger partial charge is 0.357 e. The molecule has 0 saturated heterocycles. The van der Waals surface area contributed by atoms with Gasteiger partial charge >= 0.3 is 0 Å². The van der Waals surface area contributed by atoms with Gasteiger partial charge in [-0.2, -0.15) is 4.98 Å². The highest BCUT2D eigenvalue weighted by atomic mass is 16.1. The molecular weight excluding hydrogens is 180 g/mol. The first-order valence-corrected chi connectivity index (χ1v) is 4.23. The number of pyridine rings is 1. The van der Waals surface area contributed by atoms with Crippen LogP contribution in [0.3, 0.4) is 0 Å². The molecule has 0 unspecified atom stereocenters. The molecule has 1 N–H and O–H groups in total. The van der Waals surface area contributed by atoms with Gasteiger partial charge in [0.25, 0.3) is 5.56 Å². The fourth-order valence-corrected chi connectivity index (χ4v) is 1.27. The van der Waals surface area contributed by atoms with E-state index in [1.165, 1.54) is 10.6 Å². The second-order valence-electron chi connectivity index (χ2n) is 2.95. The summed E-state index contributed by atoms with van der Waals surface area (Å²) in [6.07, 6.45) is 1.69. The first kappa shape index (κ1) is 8.68. The van der Waals surface area contributed by atoms with E-state index in [2.05, 4.69) is 15.3 Å². The summed E-state index contributed by atoms with van der Waals surface area (Å²) in [5, 5.41) is 3.68. The first-order chi connectivity index (χ1) is 6.72. The zero-order valence-electron chi connectivity index (χ0n) is 7.98. The van der Waals surface area contributed by atoms with Gasteiger partial charge in [0.1, 0.15) is 5.65 Å². The number of nitrogens with zero attached hydrogens (tertiary/aromatic N) is 3. The summed E-state index contributed by atoms with van der Waals surface area (Å²) in [4.78, 5) is 19.6. The van der Waals surface area contributed by atoms with Gasteiger partial charge in [-0.25, -0.2) is 4.98 Å². The third kappa shape index (κ3) is 1.22. The smallest absolute Gasteiger partial charge is 0.251 e. The Bertz CT molecular complexity index is 532. The maximum atomic E-state index is 11.3. The van der Waals surface area contributed by atoms with Crippen LogP contribution in [0.5, 0.6) is 0 Å². The molecule has 14 heavy (non-hydrogen) atoms. The van der Waals surface area contributed by atoms with E-state index in [1.54, 1.807) is 26.4 Å². The highest BCUT2D eigenvalue weighted by Crippen LogP contribution is 2.08. The van der Waals surface area contributed by atoms with Gasteiger partial charge < -0.3 is 5.32 Å². The highest BCUT2D eigenvalue weighted by Gasteiger charge is 2.01. The Hall–Kier alpha value is -1.91. The van der Waals surface area contributed by atoms with Crippen LogP contribution in [0.1, 0.15) is 0 Å². The summed E-state index contributed by atoms with van der Waals surface area (Å²) in [5.41, 5.74) is 0.565. The van der Waals surface area contributed by atoms with Gasteiger partial charge in [0.2, 0.25) is 5.95 Å². The van der Waals surface area contributed by atoms with Gasteiger partial charge in [-0.15, -0.1) is 0 Å². The average molecular weight is 190 g/mol.